The molecule has 1 aliphatic carbocycles. The summed E-state index contributed by atoms with van der Waals surface area (Å²) >= 11 is 0. The third-order valence-electron chi connectivity index (χ3n) is 4.14. The number of nitrogens with one attached hydrogen (secondary N) is 1. The lowest BCUT2D eigenvalue weighted by atomic mass is 9.89. The number of hydrogen-bond donors (Lipinski definition) is 1. The van der Waals surface area contributed by atoms with Gasteiger partial charge in [0.2, 0.25) is 0 Å². The van der Waals surface area contributed by atoms with E-state index >= 15 is 0 Å². The Hall–Kier alpha value is -1.77. The molecule has 1 aromatic carbocycles. The van der Waals surface area contributed by atoms with Gasteiger partial charge in [-0.15, -0.1) is 0 Å². The Kier molecular flexibility index (Phi) is 4.36. The van der Waals surface area contributed by atoms with Crippen molar-refractivity contribution in [1.29, 1.82) is 0 Å². The fourth-order valence-corrected chi connectivity index (χ4v) is 2.97. The molecule has 2 aromatic rings. The molecule has 1 aromatic heterocycles. The molecule has 0 aliphatic heterocycles. The second-order valence-electron chi connectivity index (χ2n) is 5.80. The van der Waals surface area contributed by atoms with Crippen LogP contribution in [0, 0.1) is 5.92 Å². The van der Waals surface area contributed by atoms with E-state index in [0.29, 0.717) is 0 Å². The molecular weight excluding hydrogens is 246 g/mol. The first kappa shape index (κ1) is 13.2. The van der Waals surface area contributed by atoms with Crippen molar-refractivity contribution < 1.29 is 0 Å². The zero-order valence-electron chi connectivity index (χ0n) is 12.0. The Morgan fingerprint density at radius 1 is 1.10 bits per heavy atom. The standard InChI is InChI=1S/C17H23N3/c1-3-7-15(8-4-1)11-18-17-12-19-20(14-17)13-16-9-5-2-6-10-16/h2,5-6,9-10,12,14-15,18H,1,3-4,7-8,11,13H2. The topological polar surface area (TPSA) is 29.9 Å². The van der Waals surface area contributed by atoms with Crippen molar-refractivity contribution in [2.24, 2.45) is 5.92 Å². The summed E-state index contributed by atoms with van der Waals surface area (Å²) in [4.78, 5) is 0. The van der Waals surface area contributed by atoms with Crippen molar-refractivity contribution in [3.63, 3.8) is 0 Å². The molecule has 0 radical (unpaired) electrons. The van der Waals surface area contributed by atoms with Crippen molar-refractivity contribution in [2.75, 3.05) is 11.9 Å². The molecule has 1 aliphatic rings. The zero-order valence-corrected chi connectivity index (χ0v) is 12.0. The van der Waals surface area contributed by atoms with Gasteiger partial charge in [-0.3, -0.25) is 4.68 Å². The predicted molar refractivity (Wildman–Crippen MR) is 82.8 cm³/mol. The van der Waals surface area contributed by atoms with Crippen LogP contribution in [-0.2, 0) is 6.54 Å². The number of aromatic nitrogens is 2. The van der Waals surface area contributed by atoms with Crippen LogP contribution in [0.3, 0.4) is 0 Å². The molecule has 1 saturated carbocycles. The highest BCUT2D eigenvalue weighted by Gasteiger charge is 2.13. The van der Waals surface area contributed by atoms with Gasteiger partial charge >= 0.3 is 0 Å². The highest BCUT2D eigenvalue weighted by molar-refractivity contribution is 5.38. The molecule has 0 unspecified atom stereocenters. The number of hydrogen-bond acceptors (Lipinski definition) is 2. The molecule has 3 rings (SSSR count). The summed E-state index contributed by atoms with van der Waals surface area (Å²) in [5.41, 5.74) is 2.43. The largest absolute Gasteiger partial charge is 0.382 e. The lowest BCUT2D eigenvalue weighted by Gasteiger charge is -2.21. The van der Waals surface area contributed by atoms with Crippen LogP contribution in [-0.4, -0.2) is 16.3 Å². The van der Waals surface area contributed by atoms with Gasteiger partial charge in [-0.05, 0) is 24.3 Å². The fourth-order valence-electron chi connectivity index (χ4n) is 2.97. The molecule has 3 nitrogen and oxygen atoms in total. The molecule has 0 amide bonds. The molecule has 0 saturated heterocycles. The second kappa shape index (κ2) is 6.60. The lowest BCUT2D eigenvalue weighted by Crippen LogP contribution is -2.16. The van der Waals surface area contributed by atoms with E-state index in [4.69, 9.17) is 0 Å². The minimum atomic E-state index is 0.839. The predicted octanol–water partition coefficient (Wildman–Crippen LogP) is 3.92. The van der Waals surface area contributed by atoms with Crippen molar-refractivity contribution in [3.8, 4) is 0 Å². The molecule has 106 valence electrons. The van der Waals surface area contributed by atoms with Crippen molar-refractivity contribution in [1.82, 2.24) is 9.78 Å². The van der Waals surface area contributed by atoms with Gasteiger partial charge in [0.25, 0.3) is 0 Å². The van der Waals surface area contributed by atoms with E-state index in [1.165, 1.54) is 37.7 Å². The van der Waals surface area contributed by atoms with Crippen LogP contribution in [0.15, 0.2) is 42.7 Å². The number of anilines is 1. The highest BCUT2D eigenvalue weighted by atomic mass is 15.3. The Morgan fingerprint density at radius 3 is 2.70 bits per heavy atom. The highest BCUT2D eigenvalue weighted by Crippen LogP contribution is 2.23. The van der Waals surface area contributed by atoms with E-state index in [1.807, 2.05) is 16.9 Å². The summed E-state index contributed by atoms with van der Waals surface area (Å²) in [6.45, 7) is 1.93. The normalized spacial score (nSPS) is 16.2. The van der Waals surface area contributed by atoms with Crippen LogP contribution in [0.5, 0.6) is 0 Å². The first-order chi connectivity index (χ1) is 9.90. The molecule has 1 fully saturated rings. The first-order valence-electron chi connectivity index (χ1n) is 7.70. The summed E-state index contributed by atoms with van der Waals surface area (Å²) in [7, 11) is 0. The van der Waals surface area contributed by atoms with Crippen molar-refractivity contribution in [3.05, 3.63) is 48.3 Å². The third kappa shape index (κ3) is 3.62. The maximum atomic E-state index is 4.43. The van der Waals surface area contributed by atoms with Gasteiger partial charge in [-0.1, -0.05) is 49.6 Å². The van der Waals surface area contributed by atoms with E-state index in [2.05, 4.69) is 40.9 Å². The van der Waals surface area contributed by atoms with Gasteiger partial charge in [-0.25, -0.2) is 0 Å². The minimum absolute atomic E-state index is 0.839. The Labute approximate surface area is 121 Å². The maximum Gasteiger partial charge on any atom is 0.0726 e. The molecule has 1 heterocycles. The average molecular weight is 269 g/mol. The minimum Gasteiger partial charge on any atom is -0.382 e. The van der Waals surface area contributed by atoms with Gasteiger partial charge in [0.15, 0.2) is 0 Å². The van der Waals surface area contributed by atoms with Crippen LogP contribution >= 0.6 is 0 Å². The van der Waals surface area contributed by atoms with Gasteiger partial charge in [-0.2, -0.15) is 5.10 Å². The molecule has 1 N–H and O–H groups in total. The summed E-state index contributed by atoms with van der Waals surface area (Å²) in [5.74, 6) is 0.848. The summed E-state index contributed by atoms with van der Waals surface area (Å²) in [6, 6.07) is 10.5. The van der Waals surface area contributed by atoms with Crippen LogP contribution < -0.4 is 5.32 Å². The molecule has 3 heteroatoms. The summed E-state index contributed by atoms with van der Waals surface area (Å²) in [6.07, 6.45) is 11.0. The number of rotatable bonds is 5. The van der Waals surface area contributed by atoms with E-state index in [0.717, 1.165) is 24.7 Å². The van der Waals surface area contributed by atoms with Crippen molar-refractivity contribution in [2.45, 2.75) is 38.6 Å². The lowest BCUT2D eigenvalue weighted by molar-refractivity contribution is 0.373. The van der Waals surface area contributed by atoms with Crippen molar-refractivity contribution >= 4 is 5.69 Å². The molecule has 0 spiro atoms. The number of benzene rings is 1. The van der Waals surface area contributed by atoms with Crippen LogP contribution in [0.1, 0.15) is 37.7 Å². The van der Waals surface area contributed by atoms with Gasteiger partial charge < -0.3 is 5.32 Å². The Morgan fingerprint density at radius 2 is 1.90 bits per heavy atom. The third-order valence-corrected chi connectivity index (χ3v) is 4.14. The molecular formula is C17H23N3. The molecule has 0 bridgehead atoms. The Balaban J connectivity index is 1.51. The van der Waals surface area contributed by atoms with Crippen LogP contribution in [0.25, 0.3) is 0 Å². The van der Waals surface area contributed by atoms with E-state index < -0.39 is 0 Å². The Bertz CT molecular complexity index is 512. The van der Waals surface area contributed by atoms with Gasteiger partial charge in [0.05, 0.1) is 18.4 Å². The summed E-state index contributed by atoms with van der Waals surface area (Å²) < 4.78 is 2.00. The van der Waals surface area contributed by atoms with Crippen LogP contribution in [0.2, 0.25) is 0 Å². The smallest absolute Gasteiger partial charge is 0.0726 e. The molecule has 20 heavy (non-hydrogen) atoms. The molecule has 0 atom stereocenters. The maximum absolute atomic E-state index is 4.43. The first-order valence-corrected chi connectivity index (χ1v) is 7.70. The van der Waals surface area contributed by atoms with E-state index in [1.54, 1.807) is 0 Å². The zero-order chi connectivity index (χ0) is 13.6. The fraction of sp³-hybridized carbons (Fsp3) is 0.471. The summed E-state index contributed by atoms with van der Waals surface area (Å²) in [5, 5.41) is 7.97. The van der Waals surface area contributed by atoms with Gasteiger partial charge in [0, 0.05) is 12.7 Å². The quantitative estimate of drug-likeness (QED) is 0.891. The SMILES string of the molecule is c1ccc(Cn2cc(NCC3CCCCC3)cn2)cc1. The number of nitrogens with zero attached hydrogens (tertiary/aromatic N) is 2. The average Bonchev–Trinajstić information content (AvgIpc) is 2.95. The van der Waals surface area contributed by atoms with Crippen LogP contribution in [0.4, 0.5) is 5.69 Å². The second-order valence-corrected chi connectivity index (χ2v) is 5.80. The van der Waals surface area contributed by atoms with Gasteiger partial charge in [0.1, 0.15) is 0 Å². The van der Waals surface area contributed by atoms with E-state index in [9.17, 15) is 0 Å². The monoisotopic (exact) mass is 269 g/mol. The van der Waals surface area contributed by atoms with E-state index in [-0.39, 0.29) is 0 Å².